The highest BCUT2D eigenvalue weighted by molar-refractivity contribution is 8.00. The van der Waals surface area contributed by atoms with Gasteiger partial charge in [0, 0.05) is 11.5 Å². The van der Waals surface area contributed by atoms with Crippen molar-refractivity contribution in [2.75, 3.05) is 144 Å². The SMILES string of the molecule is OC[C@H]1O[C@@H](SCCOCCOCCOCCOCCOCc2cn(C[C@H]3O[C@@H](n4nncc4COCCOCCOCCOCCOCCS[C@@H]4O[C@H](CO)[C@H](O)[C@H](O)[C@H]4O)[C@H](O)[C@@H](O)[C@@H]3O)nn2)[C@H](O)[C@@H](O)[C@H]1O. The van der Waals surface area contributed by atoms with E-state index in [0.717, 1.165) is 0 Å². The summed E-state index contributed by atoms with van der Waals surface area (Å²) in [6.07, 6.45) is -13.8. The van der Waals surface area contributed by atoms with Gasteiger partial charge in [0.1, 0.15) is 89.8 Å². The first-order valence-corrected chi connectivity index (χ1v) is 27.1. The predicted molar refractivity (Wildman–Crippen MR) is 260 cm³/mol. The molecule has 3 aliphatic heterocycles. The molecule has 76 heavy (non-hydrogen) atoms. The highest BCUT2D eigenvalue weighted by Gasteiger charge is 2.47. The second-order valence-corrected chi connectivity index (χ2v) is 19.7. The fraction of sp³-hybridized carbons (Fsp3) is 0.909. The van der Waals surface area contributed by atoms with Gasteiger partial charge < -0.3 is 118 Å². The Balaban J connectivity index is 0.817. The van der Waals surface area contributed by atoms with Crippen molar-refractivity contribution in [3.8, 4) is 0 Å². The number of aromatic nitrogens is 6. The first-order valence-electron chi connectivity index (χ1n) is 25.0. The van der Waals surface area contributed by atoms with Crippen LogP contribution < -0.4 is 0 Å². The summed E-state index contributed by atoms with van der Waals surface area (Å²) >= 11 is 2.43. The van der Waals surface area contributed by atoms with Gasteiger partial charge in [0.2, 0.25) is 0 Å². The molecule has 0 unspecified atom stereocenters. The van der Waals surface area contributed by atoms with E-state index in [2.05, 4.69) is 20.6 Å². The number of thioether (sulfide) groups is 2. The third kappa shape index (κ3) is 21.8. The van der Waals surface area contributed by atoms with Gasteiger partial charge in [-0.2, -0.15) is 0 Å². The molecular formula is C44H78N6O24S2. The molecule has 32 heteroatoms. The number of rotatable bonds is 41. The van der Waals surface area contributed by atoms with Gasteiger partial charge >= 0.3 is 0 Å². The maximum Gasteiger partial charge on any atom is 0.181 e. The van der Waals surface area contributed by atoms with Gasteiger partial charge in [-0.05, 0) is 0 Å². The van der Waals surface area contributed by atoms with E-state index in [4.69, 9.17) is 61.6 Å². The van der Waals surface area contributed by atoms with Crippen LogP contribution >= 0.6 is 23.5 Å². The van der Waals surface area contributed by atoms with Crippen molar-refractivity contribution < 1.29 is 118 Å². The lowest BCUT2D eigenvalue weighted by Gasteiger charge is -2.40. The normalized spacial score (nSPS) is 30.1. The fourth-order valence-electron chi connectivity index (χ4n) is 7.51. The molecule has 0 aromatic carbocycles. The minimum absolute atomic E-state index is 0.0166. The first-order chi connectivity index (χ1) is 36.9. The van der Waals surface area contributed by atoms with Gasteiger partial charge in [-0.3, -0.25) is 0 Å². The van der Waals surface area contributed by atoms with Crippen molar-refractivity contribution in [3.05, 3.63) is 23.8 Å². The van der Waals surface area contributed by atoms with Crippen LogP contribution in [0.25, 0.3) is 0 Å². The molecule has 0 saturated carbocycles. The molecule has 0 bridgehead atoms. The average molecular weight is 1140 g/mol. The van der Waals surface area contributed by atoms with E-state index in [1.807, 2.05) is 0 Å². The van der Waals surface area contributed by atoms with Crippen LogP contribution in [-0.2, 0) is 81.3 Å². The zero-order valence-electron chi connectivity index (χ0n) is 42.2. The lowest BCUT2D eigenvalue weighted by Crippen LogP contribution is -2.57. The summed E-state index contributed by atoms with van der Waals surface area (Å²) in [5, 5.41) is 127. The number of hydrogen-bond acceptors (Lipinski definition) is 30. The van der Waals surface area contributed by atoms with Crippen LogP contribution in [0.5, 0.6) is 0 Å². The summed E-state index contributed by atoms with van der Waals surface area (Å²) in [5.41, 5.74) is -0.644. The van der Waals surface area contributed by atoms with Gasteiger partial charge in [-0.15, -0.1) is 33.7 Å². The molecule has 11 N–H and O–H groups in total. The summed E-state index contributed by atoms with van der Waals surface area (Å²) in [4.78, 5) is 0. The van der Waals surface area contributed by atoms with E-state index in [0.29, 0.717) is 122 Å². The summed E-state index contributed by atoms with van der Waals surface area (Å²) in [6, 6.07) is 0. The summed E-state index contributed by atoms with van der Waals surface area (Å²) in [7, 11) is 0. The Morgan fingerprint density at radius 3 is 1.28 bits per heavy atom. The quantitative estimate of drug-likeness (QED) is 0.0276. The summed E-state index contributed by atoms with van der Waals surface area (Å²) in [5.74, 6) is 0.917. The number of hydrogen-bond donors (Lipinski definition) is 11. The summed E-state index contributed by atoms with van der Waals surface area (Å²) in [6.45, 7) is 5.16. The maximum absolute atomic E-state index is 10.9. The van der Waals surface area contributed by atoms with Crippen molar-refractivity contribution in [1.82, 2.24) is 30.0 Å². The number of ether oxygens (including phenoxy) is 13. The van der Waals surface area contributed by atoms with Gasteiger partial charge in [0.15, 0.2) is 6.23 Å². The molecule has 2 aromatic heterocycles. The molecule has 440 valence electrons. The Hall–Kier alpha value is -1.98. The molecule has 3 aliphatic rings. The molecule has 5 rings (SSSR count). The van der Waals surface area contributed by atoms with Crippen LogP contribution in [0.3, 0.4) is 0 Å². The van der Waals surface area contributed by atoms with Crippen molar-refractivity contribution in [2.24, 2.45) is 0 Å². The highest BCUT2D eigenvalue weighted by atomic mass is 32.2. The van der Waals surface area contributed by atoms with Gasteiger partial charge in [0.25, 0.3) is 0 Å². The van der Waals surface area contributed by atoms with Crippen LogP contribution in [0, 0.1) is 0 Å². The molecule has 0 aliphatic carbocycles. The molecular weight excluding hydrogens is 1060 g/mol. The predicted octanol–water partition coefficient (Wildman–Crippen LogP) is -6.22. The largest absolute Gasteiger partial charge is 0.394 e. The van der Waals surface area contributed by atoms with Crippen LogP contribution in [0.2, 0.25) is 0 Å². The van der Waals surface area contributed by atoms with E-state index in [1.165, 1.54) is 39.1 Å². The van der Waals surface area contributed by atoms with Crippen molar-refractivity contribution in [2.45, 2.75) is 110 Å². The Labute approximate surface area is 447 Å². The molecule has 0 radical (unpaired) electrons. The fourth-order valence-corrected chi connectivity index (χ4v) is 9.57. The number of nitrogens with zero attached hydrogens (tertiary/aromatic N) is 6. The molecule has 3 saturated heterocycles. The molecule has 3 fully saturated rings. The summed E-state index contributed by atoms with van der Waals surface area (Å²) < 4.78 is 75.1. The Kier molecular flexibility index (Phi) is 31.7. The average Bonchev–Trinajstić information content (AvgIpc) is 4.09. The minimum Gasteiger partial charge on any atom is -0.394 e. The Bertz CT molecular complexity index is 1790. The third-order valence-electron chi connectivity index (χ3n) is 11.7. The second kappa shape index (κ2) is 37.1. The molecule has 15 atom stereocenters. The van der Waals surface area contributed by atoms with E-state index < -0.39 is 104 Å². The van der Waals surface area contributed by atoms with Gasteiger partial charge in [-0.25, -0.2) is 9.36 Å². The van der Waals surface area contributed by atoms with Crippen LogP contribution in [0.4, 0.5) is 0 Å². The minimum atomic E-state index is -1.58. The third-order valence-corrected chi connectivity index (χ3v) is 14.0. The number of aliphatic hydroxyl groups is 11. The maximum atomic E-state index is 10.9. The highest BCUT2D eigenvalue weighted by Crippen LogP contribution is 2.31. The van der Waals surface area contributed by atoms with Gasteiger partial charge in [-0.1, -0.05) is 10.4 Å². The van der Waals surface area contributed by atoms with E-state index in [9.17, 15) is 56.2 Å². The van der Waals surface area contributed by atoms with Crippen molar-refractivity contribution in [1.29, 1.82) is 0 Å². The molecule has 30 nitrogen and oxygen atoms in total. The van der Waals surface area contributed by atoms with Crippen LogP contribution in [0.15, 0.2) is 12.4 Å². The van der Waals surface area contributed by atoms with E-state index in [1.54, 1.807) is 6.20 Å². The Morgan fingerprint density at radius 1 is 0.434 bits per heavy atom. The van der Waals surface area contributed by atoms with Crippen molar-refractivity contribution >= 4 is 23.5 Å². The monoisotopic (exact) mass is 1140 g/mol. The number of aliphatic hydroxyl groups excluding tert-OH is 11. The van der Waals surface area contributed by atoms with Crippen molar-refractivity contribution in [3.63, 3.8) is 0 Å². The lowest BCUT2D eigenvalue weighted by molar-refractivity contribution is -0.251. The molecule has 2 aromatic rings. The first kappa shape index (κ1) is 64.8. The van der Waals surface area contributed by atoms with E-state index >= 15 is 0 Å². The topological polar surface area (TPSA) is 404 Å². The smallest absolute Gasteiger partial charge is 0.181 e. The van der Waals surface area contributed by atoms with E-state index in [-0.39, 0.29) is 39.6 Å². The zero-order chi connectivity index (χ0) is 54.5. The molecule has 0 spiro atoms. The Morgan fingerprint density at radius 2 is 0.829 bits per heavy atom. The van der Waals surface area contributed by atoms with Crippen LogP contribution in [-0.4, -0.2) is 314 Å². The second-order valence-electron chi connectivity index (χ2n) is 17.3. The standard InChI is InChI=1S/C44H78N6O24S2/c51-24-31-34(54)37(57)40(60)43(73-31)75-19-17-68-11-9-64-3-1-62-5-7-66-13-15-70-26-28-22-49(48-46-28)23-30-33(53)36(56)39(59)42(72-30)50-29(21-45-47-50)27-71-16-14-67-8-6-63-2-4-65-10-12-69-18-20-76-44-41(61)38(58)35(55)32(25-52)74-44/h21-22,30-44,51-61H,1-20,23-27H2/t30-,31-,32-,33-,34+,35+,36+,37+,38+,39-,40-,41-,42-,43+,44+/m1/s1. The molecule has 0 amide bonds. The lowest BCUT2D eigenvalue weighted by atomic mass is 9.98. The molecule has 5 heterocycles. The zero-order valence-corrected chi connectivity index (χ0v) is 43.9. The van der Waals surface area contributed by atoms with Gasteiger partial charge in [0.05, 0.1) is 170 Å². The van der Waals surface area contributed by atoms with Crippen LogP contribution in [0.1, 0.15) is 17.6 Å².